The van der Waals surface area contributed by atoms with Crippen molar-refractivity contribution >= 4 is 5.91 Å². The van der Waals surface area contributed by atoms with Crippen molar-refractivity contribution in [1.82, 2.24) is 19.6 Å². The maximum Gasteiger partial charge on any atom is 0.253 e. The van der Waals surface area contributed by atoms with Crippen LogP contribution in [0.3, 0.4) is 0 Å². The average molecular weight is 423 g/mol. The van der Waals surface area contributed by atoms with Gasteiger partial charge in [-0.05, 0) is 48.9 Å². The molecular weight excluding hydrogens is 395 g/mol. The number of aromatic nitrogens is 2. The number of amides is 1. The van der Waals surface area contributed by atoms with Crippen LogP contribution in [0.1, 0.15) is 27.2 Å². The SMILES string of the molecule is Cc1nn(C)cc1CN1CCN(C(=O)c2ccc(COc3ccc(F)cc3)cc2)CC1. The Hall–Kier alpha value is -3.19. The van der Waals surface area contributed by atoms with Crippen LogP contribution in [-0.4, -0.2) is 51.7 Å². The number of halogens is 1. The summed E-state index contributed by atoms with van der Waals surface area (Å²) in [6.07, 6.45) is 2.06. The fourth-order valence-corrected chi connectivity index (χ4v) is 3.78. The summed E-state index contributed by atoms with van der Waals surface area (Å²) in [6.45, 7) is 6.40. The summed E-state index contributed by atoms with van der Waals surface area (Å²) in [4.78, 5) is 17.2. The van der Waals surface area contributed by atoms with Crippen molar-refractivity contribution in [2.45, 2.75) is 20.1 Å². The van der Waals surface area contributed by atoms with Gasteiger partial charge in [0.05, 0.1) is 5.69 Å². The number of benzene rings is 2. The number of nitrogens with zero attached hydrogens (tertiary/aromatic N) is 4. The first kappa shape index (κ1) is 21.1. The molecule has 0 saturated carbocycles. The number of hydrogen-bond donors (Lipinski definition) is 0. The smallest absolute Gasteiger partial charge is 0.253 e. The predicted molar refractivity (Wildman–Crippen MR) is 116 cm³/mol. The highest BCUT2D eigenvalue weighted by Crippen LogP contribution is 2.16. The molecule has 1 aliphatic rings. The molecule has 7 heteroatoms. The van der Waals surface area contributed by atoms with E-state index < -0.39 is 0 Å². The number of carbonyl (C=O) groups excluding carboxylic acids is 1. The highest BCUT2D eigenvalue weighted by Gasteiger charge is 2.22. The molecule has 1 aromatic heterocycles. The fourth-order valence-electron chi connectivity index (χ4n) is 3.78. The monoisotopic (exact) mass is 422 g/mol. The van der Waals surface area contributed by atoms with Crippen LogP contribution >= 0.6 is 0 Å². The van der Waals surface area contributed by atoms with Crippen LogP contribution in [-0.2, 0) is 20.2 Å². The highest BCUT2D eigenvalue weighted by atomic mass is 19.1. The Labute approximate surface area is 181 Å². The summed E-state index contributed by atoms with van der Waals surface area (Å²) in [6, 6.07) is 13.4. The molecule has 0 N–H and O–H groups in total. The largest absolute Gasteiger partial charge is 0.489 e. The van der Waals surface area contributed by atoms with E-state index in [1.54, 1.807) is 12.1 Å². The van der Waals surface area contributed by atoms with Crippen LogP contribution < -0.4 is 4.74 Å². The lowest BCUT2D eigenvalue weighted by molar-refractivity contribution is 0.0628. The zero-order valence-corrected chi connectivity index (χ0v) is 17.9. The number of piperazine rings is 1. The molecule has 162 valence electrons. The molecule has 0 atom stereocenters. The van der Waals surface area contributed by atoms with E-state index in [2.05, 4.69) is 16.2 Å². The Morgan fingerprint density at radius 3 is 2.32 bits per heavy atom. The van der Waals surface area contributed by atoms with E-state index >= 15 is 0 Å². The second-order valence-corrected chi connectivity index (χ2v) is 7.92. The van der Waals surface area contributed by atoms with Gasteiger partial charge in [-0.2, -0.15) is 5.10 Å². The van der Waals surface area contributed by atoms with Gasteiger partial charge in [0, 0.05) is 57.1 Å². The second kappa shape index (κ2) is 9.31. The van der Waals surface area contributed by atoms with Gasteiger partial charge in [0.15, 0.2) is 0 Å². The Morgan fingerprint density at radius 2 is 1.71 bits per heavy atom. The van der Waals surface area contributed by atoms with Crippen molar-refractivity contribution < 1.29 is 13.9 Å². The van der Waals surface area contributed by atoms with E-state index in [-0.39, 0.29) is 11.7 Å². The van der Waals surface area contributed by atoms with Crippen molar-refractivity contribution in [3.05, 3.63) is 82.9 Å². The normalized spacial score (nSPS) is 14.6. The van der Waals surface area contributed by atoms with Gasteiger partial charge in [-0.25, -0.2) is 4.39 Å². The van der Waals surface area contributed by atoms with Crippen LogP contribution in [0.2, 0.25) is 0 Å². The maximum absolute atomic E-state index is 13.0. The Morgan fingerprint density at radius 1 is 1.03 bits per heavy atom. The number of rotatable bonds is 6. The van der Waals surface area contributed by atoms with Gasteiger partial charge in [-0.3, -0.25) is 14.4 Å². The zero-order chi connectivity index (χ0) is 21.8. The molecule has 6 nitrogen and oxygen atoms in total. The van der Waals surface area contributed by atoms with Crippen LogP contribution in [0.5, 0.6) is 5.75 Å². The minimum atomic E-state index is -0.289. The third-order valence-electron chi connectivity index (χ3n) is 5.59. The van der Waals surface area contributed by atoms with E-state index in [4.69, 9.17) is 4.74 Å². The summed E-state index contributed by atoms with van der Waals surface area (Å²) in [5.41, 5.74) is 3.94. The van der Waals surface area contributed by atoms with Gasteiger partial charge in [-0.15, -0.1) is 0 Å². The lowest BCUT2D eigenvalue weighted by Gasteiger charge is -2.34. The molecule has 3 aromatic rings. The fraction of sp³-hybridized carbons (Fsp3) is 0.333. The minimum absolute atomic E-state index is 0.0585. The number of hydrogen-bond acceptors (Lipinski definition) is 4. The first-order valence-corrected chi connectivity index (χ1v) is 10.5. The molecular formula is C24H27FN4O2. The highest BCUT2D eigenvalue weighted by molar-refractivity contribution is 5.94. The zero-order valence-electron chi connectivity index (χ0n) is 17.9. The van der Waals surface area contributed by atoms with Gasteiger partial charge < -0.3 is 9.64 Å². The summed E-state index contributed by atoms with van der Waals surface area (Å²) in [5, 5.41) is 4.40. The molecule has 1 amide bonds. The molecule has 0 bridgehead atoms. The van der Waals surface area contributed by atoms with Crippen LogP contribution in [0, 0.1) is 12.7 Å². The van der Waals surface area contributed by atoms with Crippen molar-refractivity contribution in [3.63, 3.8) is 0 Å². The maximum atomic E-state index is 13.0. The first-order chi connectivity index (χ1) is 15.0. The van der Waals surface area contributed by atoms with Crippen molar-refractivity contribution in [2.24, 2.45) is 7.05 Å². The molecule has 4 rings (SSSR count). The standard InChI is InChI=1S/C24H27FN4O2/c1-18-21(15-27(2)26-18)16-28-11-13-29(14-12-28)24(30)20-5-3-19(4-6-20)17-31-23-9-7-22(25)8-10-23/h3-10,15H,11-14,16-17H2,1-2H3. The third-order valence-corrected chi connectivity index (χ3v) is 5.59. The molecule has 2 heterocycles. The second-order valence-electron chi connectivity index (χ2n) is 7.92. The summed E-state index contributed by atoms with van der Waals surface area (Å²) in [5.74, 6) is 0.382. The topological polar surface area (TPSA) is 50.6 Å². The number of aryl methyl sites for hydroxylation is 2. The lowest BCUT2D eigenvalue weighted by atomic mass is 10.1. The quantitative estimate of drug-likeness (QED) is 0.611. The van der Waals surface area contributed by atoms with E-state index in [0.717, 1.165) is 30.9 Å². The van der Waals surface area contributed by atoms with Crippen LogP contribution in [0.15, 0.2) is 54.7 Å². The number of ether oxygens (including phenoxy) is 1. The Bertz CT molecular complexity index is 1020. The van der Waals surface area contributed by atoms with E-state index in [0.29, 0.717) is 31.0 Å². The van der Waals surface area contributed by atoms with E-state index in [1.165, 1.54) is 17.7 Å². The molecule has 0 radical (unpaired) electrons. The van der Waals surface area contributed by atoms with Crippen LogP contribution in [0.25, 0.3) is 0 Å². The molecule has 2 aromatic carbocycles. The van der Waals surface area contributed by atoms with Gasteiger partial charge in [0.25, 0.3) is 5.91 Å². The minimum Gasteiger partial charge on any atom is -0.489 e. The summed E-state index contributed by atoms with van der Waals surface area (Å²) < 4.78 is 20.5. The van der Waals surface area contributed by atoms with E-state index in [9.17, 15) is 9.18 Å². The van der Waals surface area contributed by atoms with Crippen LogP contribution in [0.4, 0.5) is 4.39 Å². The first-order valence-electron chi connectivity index (χ1n) is 10.5. The van der Waals surface area contributed by atoms with E-state index in [1.807, 2.05) is 47.8 Å². The molecule has 1 fully saturated rings. The molecule has 31 heavy (non-hydrogen) atoms. The van der Waals surface area contributed by atoms with Gasteiger partial charge in [-0.1, -0.05) is 12.1 Å². The van der Waals surface area contributed by atoms with Gasteiger partial charge in [0.2, 0.25) is 0 Å². The Kier molecular flexibility index (Phi) is 6.32. The Balaban J connectivity index is 1.27. The lowest BCUT2D eigenvalue weighted by Crippen LogP contribution is -2.48. The van der Waals surface area contributed by atoms with Gasteiger partial charge in [0.1, 0.15) is 18.2 Å². The van der Waals surface area contributed by atoms with Crippen molar-refractivity contribution in [3.8, 4) is 5.75 Å². The molecule has 1 aliphatic heterocycles. The van der Waals surface area contributed by atoms with Crippen molar-refractivity contribution in [2.75, 3.05) is 26.2 Å². The molecule has 0 unspecified atom stereocenters. The molecule has 0 spiro atoms. The number of carbonyl (C=O) groups is 1. The average Bonchev–Trinajstić information content (AvgIpc) is 3.10. The summed E-state index contributed by atoms with van der Waals surface area (Å²) >= 11 is 0. The predicted octanol–water partition coefficient (Wildman–Crippen LogP) is 3.40. The molecule has 0 aliphatic carbocycles. The third kappa shape index (κ3) is 5.30. The van der Waals surface area contributed by atoms with Gasteiger partial charge >= 0.3 is 0 Å². The summed E-state index contributed by atoms with van der Waals surface area (Å²) in [7, 11) is 1.94. The molecule has 1 saturated heterocycles. The van der Waals surface area contributed by atoms with Crippen molar-refractivity contribution in [1.29, 1.82) is 0 Å².